The minimum atomic E-state index is 0.322. The van der Waals surface area contributed by atoms with Crippen LogP contribution < -0.4 is 0 Å². The molecule has 0 amide bonds. The summed E-state index contributed by atoms with van der Waals surface area (Å²) in [5.41, 5.74) is 0. The van der Waals surface area contributed by atoms with Gasteiger partial charge in [-0.1, -0.05) is 66.7 Å². The van der Waals surface area contributed by atoms with Gasteiger partial charge in [0, 0.05) is 0 Å². The first-order valence-corrected chi connectivity index (χ1v) is 9.75. The third kappa shape index (κ3) is 3.51. The van der Waals surface area contributed by atoms with Crippen LogP contribution in [0.15, 0.2) is 115 Å². The van der Waals surface area contributed by atoms with Crippen LogP contribution in [0, 0.1) is 0 Å². The Balaban J connectivity index is 0.000000222. The molecular formula is C28H20O. The lowest BCUT2D eigenvalue weighted by molar-refractivity contribution is 0.475. The highest BCUT2D eigenvalue weighted by molar-refractivity contribution is 6.08. The molecule has 0 saturated heterocycles. The molecule has 0 atom stereocenters. The predicted octanol–water partition coefficient (Wildman–Crippen LogP) is 7.69. The molecule has 1 nitrogen and oxygen atoms in total. The predicted molar refractivity (Wildman–Crippen MR) is 125 cm³/mol. The third-order valence-electron chi connectivity index (χ3n) is 5.28. The molecule has 0 fully saturated rings. The molecule has 0 unspecified atom stereocenters. The number of phenols is 1. The van der Waals surface area contributed by atoms with E-state index in [4.69, 9.17) is 5.11 Å². The molecule has 6 rings (SSSR count). The summed E-state index contributed by atoms with van der Waals surface area (Å²) >= 11 is 0. The Hall–Kier alpha value is -3.84. The molecule has 6 aromatic carbocycles. The highest BCUT2D eigenvalue weighted by Crippen LogP contribution is 2.30. The zero-order valence-electron chi connectivity index (χ0n) is 15.9. The van der Waals surface area contributed by atoms with Crippen molar-refractivity contribution in [3.8, 4) is 5.75 Å². The normalized spacial score (nSPS) is 10.9. The molecule has 0 aliphatic heterocycles. The fraction of sp³-hybridized carbons (Fsp3) is 0. The Morgan fingerprint density at radius 1 is 0.310 bits per heavy atom. The number of phenolic OH excluding ortho intramolecular Hbond substituents is 1. The summed E-state index contributed by atoms with van der Waals surface area (Å²) in [6.07, 6.45) is 0. The third-order valence-corrected chi connectivity index (χ3v) is 5.28. The van der Waals surface area contributed by atoms with Gasteiger partial charge in [0.25, 0.3) is 0 Å². The van der Waals surface area contributed by atoms with E-state index in [-0.39, 0.29) is 0 Å². The number of hydrogen-bond donors (Lipinski definition) is 1. The van der Waals surface area contributed by atoms with Gasteiger partial charge in [-0.25, -0.2) is 0 Å². The quantitative estimate of drug-likeness (QED) is 0.271. The summed E-state index contributed by atoms with van der Waals surface area (Å²) in [6.45, 7) is 0. The van der Waals surface area contributed by atoms with Gasteiger partial charge in [0.2, 0.25) is 0 Å². The lowest BCUT2D eigenvalue weighted by Crippen LogP contribution is -1.80. The largest absolute Gasteiger partial charge is 0.508 e. The van der Waals surface area contributed by atoms with Crippen LogP contribution in [-0.2, 0) is 0 Å². The zero-order chi connectivity index (χ0) is 19.6. The van der Waals surface area contributed by atoms with Crippen LogP contribution in [0.3, 0.4) is 0 Å². The molecule has 0 bridgehead atoms. The summed E-state index contributed by atoms with van der Waals surface area (Å²) in [7, 11) is 0. The molecule has 0 saturated carbocycles. The second-order valence-corrected chi connectivity index (χ2v) is 7.28. The summed E-state index contributed by atoms with van der Waals surface area (Å²) in [5, 5.41) is 19.1. The number of benzene rings is 6. The van der Waals surface area contributed by atoms with Crippen LogP contribution in [0.25, 0.3) is 43.1 Å². The van der Waals surface area contributed by atoms with Gasteiger partial charge in [-0.15, -0.1) is 0 Å². The van der Waals surface area contributed by atoms with Crippen molar-refractivity contribution < 1.29 is 5.11 Å². The van der Waals surface area contributed by atoms with E-state index in [9.17, 15) is 0 Å². The zero-order valence-corrected chi connectivity index (χ0v) is 15.9. The molecule has 1 heteroatoms. The Bertz CT molecular complexity index is 1270. The van der Waals surface area contributed by atoms with Crippen LogP contribution in [0.4, 0.5) is 0 Å². The highest BCUT2D eigenvalue weighted by atomic mass is 16.3. The molecule has 0 aromatic heterocycles. The average Bonchev–Trinajstić information content (AvgIpc) is 2.76. The number of aromatic hydroxyl groups is 1. The summed E-state index contributed by atoms with van der Waals surface area (Å²) in [6, 6.07) is 39.6. The van der Waals surface area contributed by atoms with Crippen molar-refractivity contribution in [2.24, 2.45) is 0 Å². The minimum Gasteiger partial charge on any atom is -0.508 e. The van der Waals surface area contributed by atoms with Gasteiger partial charge in [-0.05, 0) is 91.6 Å². The molecule has 29 heavy (non-hydrogen) atoms. The van der Waals surface area contributed by atoms with E-state index in [1.54, 1.807) is 24.3 Å². The van der Waals surface area contributed by atoms with Crippen molar-refractivity contribution in [3.05, 3.63) is 115 Å². The highest BCUT2D eigenvalue weighted by Gasteiger charge is 2.02. The van der Waals surface area contributed by atoms with Crippen molar-refractivity contribution >= 4 is 43.1 Å². The van der Waals surface area contributed by atoms with E-state index in [0.717, 1.165) is 0 Å². The molecule has 1 N–H and O–H groups in total. The SMILES string of the molecule is Oc1ccccc1.c1ccc2cc3cc4cc5ccccc5cc4cc3cc2c1. The Kier molecular flexibility index (Phi) is 4.34. The minimum absolute atomic E-state index is 0.322. The molecule has 0 heterocycles. The molecule has 0 spiro atoms. The first kappa shape index (κ1) is 17.3. The monoisotopic (exact) mass is 372 g/mol. The Labute approximate surface area is 169 Å². The molecule has 0 radical (unpaired) electrons. The lowest BCUT2D eigenvalue weighted by Gasteiger charge is -2.07. The Morgan fingerprint density at radius 3 is 0.862 bits per heavy atom. The maximum absolute atomic E-state index is 8.63. The number of fused-ring (bicyclic) bond motifs is 4. The van der Waals surface area contributed by atoms with E-state index in [1.807, 2.05) is 6.07 Å². The smallest absolute Gasteiger partial charge is 0.115 e. The van der Waals surface area contributed by atoms with Gasteiger partial charge < -0.3 is 5.11 Å². The summed E-state index contributed by atoms with van der Waals surface area (Å²) in [4.78, 5) is 0. The maximum atomic E-state index is 8.63. The van der Waals surface area contributed by atoms with Crippen LogP contribution in [-0.4, -0.2) is 5.11 Å². The van der Waals surface area contributed by atoms with E-state index >= 15 is 0 Å². The van der Waals surface area contributed by atoms with Crippen LogP contribution in [0.1, 0.15) is 0 Å². The number of rotatable bonds is 0. The van der Waals surface area contributed by atoms with E-state index < -0.39 is 0 Å². The van der Waals surface area contributed by atoms with Gasteiger partial charge >= 0.3 is 0 Å². The first-order valence-electron chi connectivity index (χ1n) is 9.75. The van der Waals surface area contributed by atoms with E-state index in [0.29, 0.717) is 5.75 Å². The van der Waals surface area contributed by atoms with Crippen LogP contribution in [0.5, 0.6) is 5.75 Å². The fourth-order valence-corrected chi connectivity index (χ4v) is 3.81. The van der Waals surface area contributed by atoms with Crippen molar-refractivity contribution in [1.82, 2.24) is 0 Å². The Morgan fingerprint density at radius 2 is 0.586 bits per heavy atom. The standard InChI is InChI=1S/C22H14.C6H6O/c1-2-6-16-10-20-14-22-12-18-8-4-3-7-17(18)11-21(22)13-19(20)9-15(16)5-1;7-6-4-2-1-3-5-6/h1-14H;1-5,7H. The second kappa shape index (κ2) is 7.29. The molecule has 6 aromatic rings. The molecule has 0 aliphatic rings. The van der Waals surface area contributed by atoms with Gasteiger partial charge in [0.1, 0.15) is 5.75 Å². The van der Waals surface area contributed by atoms with Gasteiger partial charge in [-0.2, -0.15) is 0 Å². The lowest BCUT2D eigenvalue weighted by atomic mass is 9.97. The molecule has 0 aliphatic carbocycles. The topological polar surface area (TPSA) is 20.2 Å². The van der Waals surface area contributed by atoms with E-state index in [1.165, 1.54) is 43.1 Å². The molecular weight excluding hydrogens is 352 g/mol. The average molecular weight is 372 g/mol. The fourth-order valence-electron chi connectivity index (χ4n) is 3.81. The van der Waals surface area contributed by atoms with Crippen molar-refractivity contribution in [1.29, 1.82) is 0 Å². The van der Waals surface area contributed by atoms with E-state index in [2.05, 4.69) is 84.9 Å². The van der Waals surface area contributed by atoms with Crippen molar-refractivity contribution in [3.63, 3.8) is 0 Å². The van der Waals surface area contributed by atoms with Gasteiger partial charge in [-0.3, -0.25) is 0 Å². The van der Waals surface area contributed by atoms with Crippen molar-refractivity contribution in [2.75, 3.05) is 0 Å². The van der Waals surface area contributed by atoms with Crippen LogP contribution in [0.2, 0.25) is 0 Å². The second-order valence-electron chi connectivity index (χ2n) is 7.28. The van der Waals surface area contributed by atoms with Gasteiger partial charge in [0.15, 0.2) is 0 Å². The van der Waals surface area contributed by atoms with Crippen LogP contribution >= 0.6 is 0 Å². The summed E-state index contributed by atoms with van der Waals surface area (Å²) in [5.74, 6) is 0.322. The van der Waals surface area contributed by atoms with Gasteiger partial charge in [0.05, 0.1) is 0 Å². The molecule has 138 valence electrons. The maximum Gasteiger partial charge on any atom is 0.115 e. The summed E-state index contributed by atoms with van der Waals surface area (Å²) < 4.78 is 0. The number of para-hydroxylation sites is 1. The van der Waals surface area contributed by atoms with Crippen molar-refractivity contribution in [2.45, 2.75) is 0 Å². The number of hydrogen-bond acceptors (Lipinski definition) is 1. The first-order chi connectivity index (χ1) is 14.3.